The summed E-state index contributed by atoms with van der Waals surface area (Å²) in [5.74, 6) is 0.0398. The van der Waals surface area contributed by atoms with Crippen LogP contribution in [0.25, 0.3) is 0 Å². The van der Waals surface area contributed by atoms with Gasteiger partial charge in [-0.25, -0.2) is 4.98 Å². The van der Waals surface area contributed by atoms with E-state index in [9.17, 15) is 4.79 Å². The molecule has 0 bridgehead atoms. The molecule has 2 rings (SSSR count). The summed E-state index contributed by atoms with van der Waals surface area (Å²) < 4.78 is 1.58. The summed E-state index contributed by atoms with van der Waals surface area (Å²) in [5, 5.41) is 0. The van der Waals surface area contributed by atoms with E-state index in [1.165, 1.54) is 5.56 Å². The van der Waals surface area contributed by atoms with Crippen LogP contribution in [-0.4, -0.2) is 15.5 Å². The van der Waals surface area contributed by atoms with Crippen molar-refractivity contribution in [1.82, 2.24) is 9.55 Å². The molecule has 0 N–H and O–H groups in total. The minimum atomic E-state index is -0.0861. The molecule has 0 amide bonds. The van der Waals surface area contributed by atoms with E-state index < -0.39 is 0 Å². The summed E-state index contributed by atoms with van der Waals surface area (Å²) in [5.41, 5.74) is 1.10. The van der Waals surface area contributed by atoms with E-state index in [0.29, 0.717) is 0 Å². The maximum Gasteiger partial charge on any atom is 0.235 e. The largest absolute Gasteiger partial charge is 0.276 e. The Balaban J connectivity index is 2.25. The maximum absolute atomic E-state index is 12.6. The monoisotopic (exact) mass is 256 g/mol. The molecule has 1 unspecified atom stereocenters. The highest BCUT2D eigenvalue weighted by Gasteiger charge is 2.32. The Hall–Kier alpha value is -1.90. The highest BCUT2D eigenvalue weighted by molar-refractivity contribution is 5.82. The van der Waals surface area contributed by atoms with Crippen LogP contribution in [0.5, 0.6) is 0 Å². The van der Waals surface area contributed by atoms with E-state index in [1.807, 2.05) is 18.2 Å². The average Bonchev–Trinajstić information content (AvgIpc) is 2.89. The van der Waals surface area contributed by atoms with Crippen LogP contribution in [-0.2, 0) is 6.42 Å². The minimum absolute atomic E-state index is 0.0656. The van der Waals surface area contributed by atoms with E-state index in [4.69, 9.17) is 0 Å². The van der Waals surface area contributed by atoms with Crippen molar-refractivity contribution in [2.24, 2.45) is 11.3 Å². The third kappa shape index (κ3) is 3.31. The molecule has 0 fully saturated rings. The lowest BCUT2D eigenvalue weighted by molar-refractivity contribution is 0.0724. The van der Waals surface area contributed by atoms with Crippen LogP contribution in [0.4, 0.5) is 0 Å². The van der Waals surface area contributed by atoms with Crippen molar-refractivity contribution in [2.45, 2.75) is 27.2 Å². The lowest BCUT2D eigenvalue weighted by atomic mass is 9.76. The molecule has 0 aliphatic heterocycles. The van der Waals surface area contributed by atoms with Crippen molar-refractivity contribution >= 4 is 5.91 Å². The highest BCUT2D eigenvalue weighted by Crippen LogP contribution is 2.30. The van der Waals surface area contributed by atoms with Gasteiger partial charge in [0.05, 0.1) is 0 Å². The summed E-state index contributed by atoms with van der Waals surface area (Å²) in [6.45, 7) is 6.32. The van der Waals surface area contributed by atoms with Crippen LogP contribution in [0.3, 0.4) is 0 Å². The Labute approximate surface area is 114 Å². The van der Waals surface area contributed by atoms with Crippen molar-refractivity contribution in [3.8, 4) is 0 Å². The number of nitrogens with zero attached hydrogens (tertiary/aromatic N) is 2. The summed E-state index contributed by atoms with van der Waals surface area (Å²) in [7, 11) is 0. The number of hydrogen-bond donors (Lipinski definition) is 0. The Morgan fingerprint density at radius 1 is 1.26 bits per heavy atom. The van der Waals surface area contributed by atoms with Crippen LogP contribution >= 0.6 is 0 Å². The van der Waals surface area contributed by atoms with Gasteiger partial charge >= 0.3 is 0 Å². The number of carbonyl (C=O) groups excluding carboxylic acids is 1. The molecule has 0 spiro atoms. The zero-order chi connectivity index (χ0) is 13.9. The van der Waals surface area contributed by atoms with E-state index >= 15 is 0 Å². The predicted octanol–water partition coefficient (Wildman–Crippen LogP) is 3.43. The second-order valence-corrected chi connectivity index (χ2v) is 5.92. The van der Waals surface area contributed by atoms with Crippen LogP contribution in [0.1, 0.15) is 31.1 Å². The van der Waals surface area contributed by atoms with Crippen molar-refractivity contribution in [3.63, 3.8) is 0 Å². The topological polar surface area (TPSA) is 34.9 Å². The van der Waals surface area contributed by atoms with Crippen molar-refractivity contribution in [3.05, 3.63) is 54.6 Å². The molecule has 0 aliphatic rings. The van der Waals surface area contributed by atoms with Gasteiger partial charge in [-0.15, -0.1) is 0 Å². The zero-order valence-electron chi connectivity index (χ0n) is 11.7. The molecule has 1 atom stereocenters. The first kappa shape index (κ1) is 13.5. The van der Waals surface area contributed by atoms with Gasteiger partial charge in [0.1, 0.15) is 6.33 Å². The molecule has 0 saturated carbocycles. The normalized spacial score (nSPS) is 13.2. The third-order valence-corrected chi connectivity index (χ3v) is 3.39. The molecule has 19 heavy (non-hydrogen) atoms. The molecule has 3 nitrogen and oxygen atoms in total. The number of rotatable bonds is 3. The second kappa shape index (κ2) is 5.39. The van der Waals surface area contributed by atoms with Crippen LogP contribution in [0, 0.1) is 11.3 Å². The van der Waals surface area contributed by atoms with E-state index in [-0.39, 0.29) is 17.2 Å². The Bertz CT molecular complexity index is 524. The quantitative estimate of drug-likeness (QED) is 0.843. The van der Waals surface area contributed by atoms with Crippen molar-refractivity contribution in [1.29, 1.82) is 0 Å². The van der Waals surface area contributed by atoms with Crippen LogP contribution in [0.15, 0.2) is 49.1 Å². The van der Waals surface area contributed by atoms with Crippen molar-refractivity contribution in [2.75, 3.05) is 0 Å². The molecular formula is C16H20N2O. The van der Waals surface area contributed by atoms with Crippen molar-refractivity contribution < 1.29 is 4.79 Å². The molecule has 1 heterocycles. The first-order chi connectivity index (χ1) is 8.98. The fourth-order valence-electron chi connectivity index (χ4n) is 2.18. The molecule has 2 aromatic rings. The predicted molar refractivity (Wildman–Crippen MR) is 75.9 cm³/mol. The molecule has 1 aromatic carbocycles. The van der Waals surface area contributed by atoms with Gasteiger partial charge < -0.3 is 0 Å². The first-order valence-corrected chi connectivity index (χ1v) is 6.54. The number of carbonyl (C=O) groups is 1. The summed E-state index contributed by atoms with van der Waals surface area (Å²) in [6, 6.07) is 10.2. The molecule has 0 saturated heterocycles. The molecule has 0 radical (unpaired) electrons. The first-order valence-electron chi connectivity index (χ1n) is 6.54. The lowest BCUT2D eigenvalue weighted by Crippen LogP contribution is -2.33. The second-order valence-electron chi connectivity index (χ2n) is 5.92. The molecule has 3 heteroatoms. The molecular weight excluding hydrogens is 236 g/mol. The van der Waals surface area contributed by atoms with E-state index in [1.54, 1.807) is 23.3 Å². The average molecular weight is 256 g/mol. The fourth-order valence-corrected chi connectivity index (χ4v) is 2.18. The number of hydrogen-bond acceptors (Lipinski definition) is 2. The minimum Gasteiger partial charge on any atom is -0.276 e. The van der Waals surface area contributed by atoms with E-state index in [0.717, 1.165) is 6.42 Å². The van der Waals surface area contributed by atoms with Crippen LogP contribution in [0.2, 0.25) is 0 Å². The number of benzene rings is 1. The van der Waals surface area contributed by atoms with Gasteiger partial charge in [0.2, 0.25) is 5.91 Å². The van der Waals surface area contributed by atoms with Gasteiger partial charge in [0.15, 0.2) is 0 Å². The molecule has 1 aromatic heterocycles. The summed E-state index contributed by atoms with van der Waals surface area (Å²) in [6.07, 6.45) is 5.68. The van der Waals surface area contributed by atoms with Gasteiger partial charge in [-0.3, -0.25) is 9.36 Å². The zero-order valence-corrected chi connectivity index (χ0v) is 11.7. The summed E-state index contributed by atoms with van der Waals surface area (Å²) >= 11 is 0. The number of imidazole rings is 1. The van der Waals surface area contributed by atoms with Gasteiger partial charge in [0, 0.05) is 18.3 Å². The smallest absolute Gasteiger partial charge is 0.235 e. The Morgan fingerprint density at radius 3 is 2.47 bits per heavy atom. The Morgan fingerprint density at radius 2 is 1.95 bits per heavy atom. The maximum atomic E-state index is 12.6. The van der Waals surface area contributed by atoms with Gasteiger partial charge in [-0.2, -0.15) is 0 Å². The third-order valence-electron chi connectivity index (χ3n) is 3.39. The lowest BCUT2D eigenvalue weighted by Gasteiger charge is -2.29. The Kier molecular flexibility index (Phi) is 3.84. The summed E-state index contributed by atoms with van der Waals surface area (Å²) in [4.78, 5) is 16.5. The molecule has 0 aliphatic carbocycles. The fraction of sp³-hybridized carbons (Fsp3) is 0.375. The SMILES string of the molecule is CC(C)(C)C(Cc1ccccc1)C(=O)n1ccnc1. The standard InChI is InChI=1S/C16H20N2O/c1-16(2,3)14(11-13-7-5-4-6-8-13)15(19)18-10-9-17-12-18/h4-10,12,14H,11H2,1-3H3. The van der Waals surface area contributed by atoms with E-state index in [2.05, 4.69) is 37.9 Å². The van der Waals surface area contributed by atoms with Crippen LogP contribution < -0.4 is 0 Å². The highest BCUT2D eigenvalue weighted by atomic mass is 16.2. The van der Waals surface area contributed by atoms with Gasteiger partial charge in [-0.05, 0) is 17.4 Å². The van der Waals surface area contributed by atoms with Gasteiger partial charge in [0.25, 0.3) is 0 Å². The number of aromatic nitrogens is 2. The van der Waals surface area contributed by atoms with Gasteiger partial charge in [-0.1, -0.05) is 51.1 Å². The molecule has 100 valence electrons.